The van der Waals surface area contributed by atoms with Gasteiger partial charge in [0.1, 0.15) is 0 Å². The molecule has 4 aliphatic rings. The Morgan fingerprint density at radius 1 is 0.607 bits per heavy atom. The van der Waals surface area contributed by atoms with Crippen LogP contribution in [-0.4, -0.2) is 11.8 Å². The fraction of sp³-hybridized carbons (Fsp3) is 0.167. The second-order valence-corrected chi connectivity index (χ2v) is 8.58. The van der Waals surface area contributed by atoms with Gasteiger partial charge in [-0.2, -0.15) is 0 Å². The van der Waals surface area contributed by atoms with Gasteiger partial charge in [-0.3, -0.25) is 9.59 Å². The van der Waals surface area contributed by atoms with Gasteiger partial charge in [0.25, 0.3) is 0 Å². The molecule has 1 aliphatic heterocycles. The number of carbonyl (C=O) groups is 2. The van der Waals surface area contributed by atoms with E-state index in [1.165, 1.54) is 27.2 Å². The number of rotatable bonds is 1. The standard InChI is InChI=1S/C24H16BrNO2/c25-17-11-5-6-12-18(17)26-23(27)21-19-13-7-1-2-8-14(13)20(22(21)24(26)28)16-10-4-3-9-15(16)19/h1-12,19-22H/t19?,20?,21-,22+. The van der Waals surface area contributed by atoms with Gasteiger partial charge >= 0.3 is 0 Å². The maximum Gasteiger partial charge on any atom is 0.238 e. The molecule has 3 nitrogen and oxygen atoms in total. The van der Waals surface area contributed by atoms with E-state index in [1.54, 1.807) is 0 Å². The topological polar surface area (TPSA) is 37.4 Å². The molecule has 28 heavy (non-hydrogen) atoms. The van der Waals surface area contributed by atoms with Gasteiger partial charge in [-0.25, -0.2) is 4.90 Å². The third-order valence-electron chi connectivity index (χ3n) is 6.54. The highest BCUT2D eigenvalue weighted by molar-refractivity contribution is 9.10. The normalized spacial score (nSPS) is 26.8. The van der Waals surface area contributed by atoms with Crippen molar-refractivity contribution < 1.29 is 9.59 Å². The van der Waals surface area contributed by atoms with E-state index in [1.807, 2.05) is 48.5 Å². The third-order valence-corrected chi connectivity index (χ3v) is 7.21. The predicted octanol–water partition coefficient (Wildman–Crippen LogP) is 4.85. The van der Waals surface area contributed by atoms with E-state index in [-0.39, 0.29) is 35.5 Å². The third kappa shape index (κ3) is 1.89. The van der Waals surface area contributed by atoms with Gasteiger partial charge in [0, 0.05) is 16.3 Å². The van der Waals surface area contributed by atoms with E-state index in [2.05, 4.69) is 40.2 Å². The Morgan fingerprint density at radius 2 is 1.00 bits per heavy atom. The highest BCUT2D eigenvalue weighted by Crippen LogP contribution is 2.61. The predicted molar refractivity (Wildman–Crippen MR) is 110 cm³/mol. The van der Waals surface area contributed by atoms with Gasteiger partial charge in [-0.05, 0) is 50.3 Å². The number of halogens is 1. The van der Waals surface area contributed by atoms with Crippen molar-refractivity contribution in [3.8, 4) is 0 Å². The molecule has 3 aromatic rings. The molecule has 0 N–H and O–H groups in total. The van der Waals surface area contributed by atoms with Crippen molar-refractivity contribution in [2.75, 3.05) is 4.90 Å². The van der Waals surface area contributed by atoms with Crippen LogP contribution < -0.4 is 4.90 Å². The lowest BCUT2D eigenvalue weighted by molar-refractivity contribution is -0.122. The van der Waals surface area contributed by atoms with E-state index < -0.39 is 0 Å². The number of hydrogen-bond acceptors (Lipinski definition) is 2. The van der Waals surface area contributed by atoms with Gasteiger partial charge < -0.3 is 0 Å². The summed E-state index contributed by atoms with van der Waals surface area (Å²) in [4.78, 5) is 28.6. The van der Waals surface area contributed by atoms with Crippen molar-refractivity contribution in [1.82, 2.24) is 0 Å². The van der Waals surface area contributed by atoms with Crippen LogP contribution in [0.3, 0.4) is 0 Å². The summed E-state index contributed by atoms with van der Waals surface area (Å²) in [6, 6.07) is 24.1. The molecule has 1 saturated heterocycles. The van der Waals surface area contributed by atoms with Crippen LogP contribution in [0.4, 0.5) is 5.69 Å². The van der Waals surface area contributed by atoms with E-state index >= 15 is 0 Å². The Kier molecular flexibility index (Phi) is 3.28. The Bertz CT molecular complexity index is 1060. The summed E-state index contributed by atoms with van der Waals surface area (Å²) in [7, 11) is 0. The van der Waals surface area contributed by atoms with Crippen molar-refractivity contribution in [1.29, 1.82) is 0 Å². The van der Waals surface area contributed by atoms with Crippen LogP contribution >= 0.6 is 15.9 Å². The molecule has 0 spiro atoms. The minimum absolute atomic E-state index is 0.0636. The van der Waals surface area contributed by atoms with Gasteiger partial charge in [0.2, 0.25) is 11.8 Å². The maximum absolute atomic E-state index is 13.6. The lowest BCUT2D eigenvalue weighted by Gasteiger charge is -2.45. The first-order valence-corrected chi connectivity index (χ1v) is 10.3. The van der Waals surface area contributed by atoms with Crippen molar-refractivity contribution in [2.45, 2.75) is 11.8 Å². The lowest BCUT2D eigenvalue weighted by Crippen LogP contribution is -2.41. The molecular weight excluding hydrogens is 414 g/mol. The highest BCUT2D eigenvalue weighted by Gasteiger charge is 2.61. The fourth-order valence-electron chi connectivity index (χ4n) is 5.55. The Balaban J connectivity index is 1.59. The minimum atomic E-state index is -0.339. The largest absolute Gasteiger partial charge is 0.274 e. The van der Waals surface area contributed by atoms with Crippen LogP contribution in [0.1, 0.15) is 34.1 Å². The average molecular weight is 430 g/mol. The summed E-state index contributed by atoms with van der Waals surface area (Å²) in [5.74, 6) is -0.969. The van der Waals surface area contributed by atoms with Crippen molar-refractivity contribution in [3.05, 3.63) is 99.5 Å². The molecule has 0 saturated carbocycles. The molecule has 1 heterocycles. The molecule has 0 aromatic heterocycles. The molecular formula is C24H16BrNO2. The summed E-state index contributed by atoms with van der Waals surface area (Å²) >= 11 is 3.52. The van der Waals surface area contributed by atoms with Crippen molar-refractivity contribution in [2.24, 2.45) is 11.8 Å². The van der Waals surface area contributed by atoms with E-state index in [0.717, 1.165) is 4.47 Å². The van der Waals surface area contributed by atoms with Gasteiger partial charge in [0.05, 0.1) is 17.5 Å². The summed E-state index contributed by atoms with van der Waals surface area (Å²) < 4.78 is 0.762. The number of hydrogen-bond donors (Lipinski definition) is 0. The van der Waals surface area contributed by atoms with Gasteiger partial charge in [-0.1, -0.05) is 60.7 Å². The molecule has 0 unspecified atom stereocenters. The van der Waals surface area contributed by atoms with Crippen LogP contribution in [0.2, 0.25) is 0 Å². The zero-order valence-corrected chi connectivity index (χ0v) is 16.5. The second-order valence-electron chi connectivity index (χ2n) is 7.73. The summed E-state index contributed by atoms with van der Waals surface area (Å²) in [5, 5.41) is 0. The number of anilines is 1. The zero-order valence-electron chi connectivity index (χ0n) is 14.9. The van der Waals surface area contributed by atoms with Gasteiger partial charge in [0.15, 0.2) is 0 Å². The molecule has 1 fully saturated rings. The lowest BCUT2D eigenvalue weighted by atomic mass is 9.55. The quantitative estimate of drug-likeness (QED) is 0.518. The average Bonchev–Trinajstić information content (AvgIpc) is 2.99. The molecule has 2 atom stereocenters. The maximum atomic E-state index is 13.6. The monoisotopic (exact) mass is 429 g/mol. The van der Waals surface area contributed by atoms with E-state index in [9.17, 15) is 9.59 Å². The molecule has 3 aromatic carbocycles. The molecule has 2 amide bonds. The molecule has 4 heteroatoms. The Labute approximate surface area is 171 Å². The Hall–Kier alpha value is -2.72. The van der Waals surface area contributed by atoms with Gasteiger partial charge in [-0.15, -0.1) is 0 Å². The minimum Gasteiger partial charge on any atom is -0.274 e. The Morgan fingerprint density at radius 3 is 1.43 bits per heavy atom. The van der Waals surface area contributed by atoms with Crippen LogP contribution in [0.15, 0.2) is 77.3 Å². The smallest absolute Gasteiger partial charge is 0.238 e. The summed E-state index contributed by atoms with van der Waals surface area (Å²) in [5.41, 5.74) is 5.43. The first-order chi connectivity index (χ1) is 13.7. The first-order valence-electron chi connectivity index (χ1n) is 9.48. The molecule has 2 bridgehead atoms. The molecule has 3 aliphatic carbocycles. The number of amides is 2. The number of nitrogens with zero attached hydrogens (tertiary/aromatic N) is 1. The zero-order chi connectivity index (χ0) is 19.0. The number of benzene rings is 3. The fourth-order valence-corrected chi connectivity index (χ4v) is 6.01. The highest BCUT2D eigenvalue weighted by atomic mass is 79.9. The molecule has 0 radical (unpaired) electrons. The summed E-state index contributed by atoms with van der Waals surface area (Å²) in [6.45, 7) is 0. The number of imide groups is 1. The number of para-hydroxylation sites is 1. The van der Waals surface area contributed by atoms with E-state index in [4.69, 9.17) is 0 Å². The van der Waals surface area contributed by atoms with E-state index in [0.29, 0.717) is 5.69 Å². The van der Waals surface area contributed by atoms with Crippen molar-refractivity contribution >= 4 is 33.4 Å². The van der Waals surface area contributed by atoms with Crippen LogP contribution in [0.25, 0.3) is 0 Å². The van der Waals surface area contributed by atoms with Crippen LogP contribution in [-0.2, 0) is 9.59 Å². The van der Waals surface area contributed by atoms with Crippen LogP contribution in [0.5, 0.6) is 0 Å². The van der Waals surface area contributed by atoms with Crippen molar-refractivity contribution in [3.63, 3.8) is 0 Å². The molecule has 136 valence electrons. The SMILES string of the molecule is O=C1[C@@H]2C3c4ccccc4C(c4ccccc43)[C@@H]2C(=O)N1c1ccccc1Br. The second kappa shape index (κ2) is 5.65. The summed E-state index contributed by atoms with van der Waals surface area (Å²) in [6.07, 6.45) is 0. The first kappa shape index (κ1) is 16.3. The molecule has 7 rings (SSSR count). The number of carbonyl (C=O) groups excluding carboxylic acids is 2. The van der Waals surface area contributed by atoms with Crippen LogP contribution in [0, 0.1) is 11.8 Å².